The summed E-state index contributed by atoms with van der Waals surface area (Å²) < 4.78 is 58.7. The van der Waals surface area contributed by atoms with Crippen LogP contribution >= 0.6 is 0 Å². The van der Waals surface area contributed by atoms with Gasteiger partial charge >= 0.3 is 6.18 Å². The van der Waals surface area contributed by atoms with Crippen LogP contribution in [0, 0.1) is 11.7 Å². The van der Waals surface area contributed by atoms with Gasteiger partial charge < -0.3 is 25.2 Å². The van der Waals surface area contributed by atoms with E-state index >= 15 is 0 Å². The van der Waals surface area contributed by atoms with Crippen molar-refractivity contribution in [1.29, 1.82) is 0 Å². The van der Waals surface area contributed by atoms with Crippen molar-refractivity contribution in [1.82, 2.24) is 25.4 Å². The van der Waals surface area contributed by atoms with E-state index < -0.39 is 54.0 Å². The molecule has 4 atom stereocenters. The first-order chi connectivity index (χ1) is 18.4. The average molecular weight is 556 g/mol. The van der Waals surface area contributed by atoms with Crippen molar-refractivity contribution in [2.24, 2.45) is 5.92 Å². The van der Waals surface area contributed by atoms with Crippen LogP contribution < -0.4 is 10.1 Å². The van der Waals surface area contributed by atoms with Gasteiger partial charge in [-0.05, 0) is 44.6 Å². The zero-order valence-corrected chi connectivity index (χ0v) is 21.1. The number of likely N-dealkylation sites (tertiary alicyclic amines) is 1. The van der Waals surface area contributed by atoms with E-state index in [0.29, 0.717) is 25.7 Å². The third kappa shape index (κ3) is 5.07. The molecule has 1 aliphatic heterocycles. The monoisotopic (exact) mass is 555 g/mol. The minimum absolute atomic E-state index is 0.118. The van der Waals surface area contributed by atoms with E-state index in [1.807, 2.05) is 0 Å². The van der Waals surface area contributed by atoms with Gasteiger partial charge in [0.05, 0.1) is 31.1 Å². The predicted octanol–water partition coefficient (Wildman–Crippen LogP) is 2.33. The maximum absolute atomic E-state index is 14.3. The normalized spacial score (nSPS) is 28.3. The molecular formula is C25H29F4N5O5. The zero-order chi connectivity index (χ0) is 28.2. The maximum Gasteiger partial charge on any atom is 0.417 e. The molecule has 10 nitrogen and oxygen atoms in total. The standard InChI is InChI=1S/C25H29F4N5O5/c1-39-20-8-14(15(26)12-30-20)17-9-18(33-32-17)22(37)34-7-3-13(10-23(34)5-6-23)21(36)31-16-2-4-24(38,11-19(16)35)25(27,28)29/h8-9,12-13,16,19,35,38H,2-7,10-11H2,1H3,(H,31,36)(H,32,33)/t13?,16-,19+,24-/m0/s1. The number of alkyl halides is 3. The molecule has 0 bridgehead atoms. The highest BCUT2D eigenvalue weighted by atomic mass is 19.4. The van der Waals surface area contributed by atoms with E-state index in [-0.39, 0.29) is 47.6 Å². The van der Waals surface area contributed by atoms with Gasteiger partial charge in [-0.1, -0.05) is 0 Å². The molecule has 5 rings (SSSR count). The lowest BCUT2D eigenvalue weighted by molar-refractivity contribution is -0.279. The van der Waals surface area contributed by atoms with E-state index in [1.165, 1.54) is 19.2 Å². The van der Waals surface area contributed by atoms with Gasteiger partial charge in [-0.15, -0.1) is 0 Å². The number of aliphatic hydroxyl groups is 2. The molecular weight excluding hydrogens is 526 g/mol. The Morgan fingerprint density at radius 2 is 1.95 bits per heavy atom. The number of carbonyl (C=O) groups is 2. The second kappa shape index (κ2) is 9.73. The summed E-state index contributed by atoms with van der Waals surface area (Å²) in [7, 11) is 1.40. The van der Waals surface area contributed by atoms with E-state index in [1.54, 1.807) is 4.90 Å². The Morgan fingerprint density at radius 3 is 2.59 bits per heavy atom. The molecule has 3 aliphatic rings. The Balaban J connectivity index is 1.22. The number of piperidine rings is 1. The summed E-state index contributed by atoms with van der Waals surface area (Å²) in [6, 6.07) is 1.92. The Bertz CT molecular complexity index is 1270. The molecule has 3 heterocycles. The van der Waals surface area contributed by atoms with Crippen molar-refractivity contribution >= 4 is 11.8 Å². The van der Waals surface area contributed by atoms with Gasteiger partial charge in [-0.2, -0.15) is 18.3 Å². The second-order valence-electron chi connectivity index (χ2n) is 10.7. The van der Waals surface area contributed by atoms with Crippen LogP contribution in [0.2, 0.25) is 0 Å². The van der Waals surface area contributed by atoms with Crippen molar-refractivity contribution in [3.8, 4) is 17.1 Å². The van der Waals surface area contributed by atoms with Crippen LogP contribution in [-0.2, 0) is 4.79 Å². The van der Waals surface area contributed by atoms with Crippen LogP contribution in [0.15, 0.2) is 18.3 Å². The lowest BCUT2D eigenvalue weighted by Gasteiger charge is -2.42. The molecule has 14 heteroatoms. The molecule has 2 aliphatic carbocycles. The second-order valence-corrected chi connectivity index (χ2v) is 10.7. The molecule has 2 aromatic heterocycles. The number of hydrogen-bond acceptors (Lipinski definition) is 7. The Kier molecular flexibility index (Phi) is 6.82. The van der Waals surface area contributed by atoms with Gasteiger partial charge in [0.2, 0.25) is 11.8 Å². The number of carbonyl (C=O) groups excluding carboxylic acids is 2. The summed E-state index contributed by atoms with van der Waals surface area (Å²) in [6.45, 7) is 0.268. The molecule has 2 aromatic rings. The first-order valence-corrected chi connectivity index (χ1v) is 12.7. The van der Waals surface area contributed by atoms with Gasteiger partial charge in [-0.3, -0.25) is 14.7 Å². The minimum atomic E-state index is -4.87. The summed E-state index contributed by atoms with van der Waals surface area (Å²) in [4.78, 5) is 31.8. The average Bonchev–Trinajstić information content (AvgIpc) is 3.46. The molecule has 0 radical (unpaired) electrons. The van der Waals surface area contributed by atoms with Crippen molar-refractivity contribution in [2.75, 3.05) is 13.7 Å². The predicted molar refractivity (Wildman–Crippen MR) is 127 cm³/mol. The highest BCUT2D eigenvalue weighted by Gasteiger charge is 2.58. The molecule has 1 spiro atoms. The molecule has 2 saturated carbocycles. The number of pyridine rings is 1. The van der Waals surface area contributed by atoms with E-state index in [2.05, 4.69) is 20.5 Å². The molecule has 0 aromatic carbocycles. The molecule has 2 amide bonds. The number of nitrogens with one attached hydrogen (secondary N) is 2. The largest absolute Gasteiger partial charge is 0.481 e. The molecule has 4 N–H and O–H groups in total. The van der Waals surface area contributed by atoms with Crippen molar-refractivity contribution in [2.45, 2.75) is 74.4 Å². The van der Waals surface area contributed by atoms with Gasteiger partial charge in [0, 0.05) is 36.1 Å². The summed E-state index contributed by atoms with van der Waals surface area (Å²) in [6.07, 6.45) is -5.06. The number of methoxy groups -OCH3 is 1. The van der Waals surface area contributed by atoms with Gasteiger partial charge in [-0.25, -0.2) is 9.37 Å². The Morgan fingerprint density at radius 1 is 1.21 bits per heavy atom. The molecule has 1 saturated heterocycles. The smallest absolute Gasteiger partial charge is 0.417 e. The summed E-state index contributed by atoms with van der Waals surface area (Å²) >= 11 is 0. The topological polar surface area (TPSA) is 141 Å². The van der Waals surface area contributed by atoms with Crippen LogP contribution in [0.3, 0.4) is 0 Å². The summed E-state index contributed by atoms with van der Waals surface area (Å²) in [5.74, 6) is -1.64. The number of ether oxygens (including phenoxy) is 1. The number of hydrogen-bond donors (Lipinski definition) is 4. The number of aromatic nitrogens is 3. The van der Waals surface area contributed by atoms with E-state index in [9.17, 15) is 37.4 Å². The van der Waals surface area contributed by atoms with Crippen LogP contribution in [0.4, 0.5) is 17.6 Å². The van der Waals surface area contributed by atoms with Crippen molar-refractivity contribution < 1.29 is 42.1 Å². The zero-order valence-electron chi connectivity index (χ0n) is 21.1. The third-order valence-corrected chi connectivity index (χ3v) is 8.20. The van der Waals surface area contributed by atoms with Gasteiger partial charge in [0.25, 0.3) is 5.91 Å². The molecule has 1 unspecified atom stereocenters. The van der Waals surface area contributed by atoms with Crippen molar-refractivity contribution in [3.63, 3.8) is 0 Å². The number of rotatable bonds is 5. The molecule has 39 heavy (non-hydrogen) atoms. The first kappa shape index (κ1) is 27.3. The summed E-state index contributed by atoms with van der Waals surface area (Å²) in [5.41, 5.74) is -3.02. The highest BCUT2D eigenvalue weighted by Crippen LogP contribution is 2.50. The van der Waals surface area contributed by atoms with Gasteiger partial charge in [0.15, 0.2) is 11.4 Å². The van der Waals surface area contributed by atoms with Crippen molar-refractivity contribution in [3.05, 3.63) is 29.8 Å². The molecule has 212 valence electrons. The minimum Gasteiger partial charge on any atom is -0.481 e. The number of amides is 2. The fourth-order valence-electron chi connectivity index (χ4n) is 5.70. The SMILES string of the molecule is COc1cc(-c2cc(C(=O)N3CCC(C(=O)N[C@H]4CC[C@@](O)(C(F)(F)F)C[C@H]4O)CC34CC4)[nH]n2)c(F)cn1. The van der Waals surface area contributed by atoms with Crippen LogP contribution in [0.5, 0.6) is 5.88 Å². The summed E-state index contributed by atoms with van der Waals surface area (Å²) in [5, 5.41) is 29.5. The number of H-pyrrole nitrogens is 1. The number of aliphatic hydroxyl groups excluding tert-OH is 1. The Hall–Kier alpha value is -3.26. The van der Waals surface area contributed by atoms with Crippen LogP contribution in [0.25, 0.3) is 11.3 Å². The number of nitrogens with zero attached hydrogens (tertiary/aromatic N) is 3. The third-order valence-electron chi connectivity index (χ3n) is 8.20. The molecule has 3 fully saturated rings. The maximum atomic E-state index is 14.3. The fraction of sp³-hybridized carbons (Fsp3) is 0.600. The quantitative estimate of drug-likeness (QED) is 0.415. The van der Waals surface area contributed by atoms with E-state index in [4.69, 9.17) is 4.74 Å². The number of halogens is 4. The van der Waals surface area contributed by atoms with Crippen LogP contribution in [-0.4, -0.2) is 85.2 Å². The number of aromatic amines is 1. The Labute approximate surface area is 220 Å². The first-order valence-electron chi connectivity index (χ1n) is 12.7. The van der Waals surface area contributed by atoms with E-state index in [0.717, 1.165) is 6.20 Å². The lowest BCUT2D eigenvalue weighted by atomic mass is 9.79. The lowest BCUT2D eigenvalue weighted by Crippen LogP contribution is -2.58. The van der Waals surface area contributed by atoms with Gasteiger partial charge in [0.1, 0.15) is 5.69 Å². The van der Waals surface area contributed by atoms with Crippen LogP contribution in [0.1, 0.15) is 55.4 Å². The highest BCUT2D eigenvalue weighted by molar-refractivity contribution is 5.94. The fourth-order valence-corrected chi connectivity index (χ4v) is 5.70.